The molecule has 2 aromatic rings. The fourth-order valence-electron chi connectivity index (χ4n) is 2.23. The van der Waals surface area contributed by atoms with E-state index in [2.05, 4.69) is 5.32 Å². The standard InChI is InChI=1S/C18H20N2O5S/c1-2-25-18(22)14-6-8-15(9-7-14)20-17(21)12-5-13-3-10-16(11-4-13)26(19,23)24/h3-4,6-11H,2,5,12H2,1H3,(H,20,21)(H2,19,23,24). The molecule has 1 amide bonds. The van der Waals surface area contributed by atoms with Gasteiger partial charge in [0.1, 0.15) is 0 Å². The predicted molar refractivity (Wildman–Crippen MR) is 97.2 cm³/mol. The third-order valence-electron chi connectivity index (χ3n) is 3.57. The lowest BCUT2D eigenvalue weighted by Gasteiger charge is -2.07. The molecule has 0 radical (unpaired) electrons. The van der Waals surface area contributed by atoms with Gasteiger partial charge in [-0.05, 0) is 55.3 Å². The van der Waals surface area contributed by atoms with E-state index in [4.69, 9.17) is 9.88 Å². The van der Waals surface area contributed by atoms with Crippen molar-refractivity contribution in [1.82, 2.24) is 0 Å². The molecular weight excluding hydrogens is 356 g/mol. The number of hydrogen-bond donors (Lipinski definition) is 2. The SMILES string of the molecule is CCOC(=O)c1ccc(NC(=O)CCc2ccc(S(N)(=O)=O)cc2)cc1. The lowest BCUT2D eigenvalue weighted by atomic mass is 10.1. The van der Waals surface area contributed by atoms with Crippen LogP contribution in [0.2, 0.25) is 0 Å². The van der Waals surface area contributed by atoms with E-state index >= 15 is 0 Å². The summed E-state index contributed by atoms with van der Waals surface area (Å²) < 4.78 is 27.3. The highest BCUT2D eigenvalue weighted by atomic mass is 32.2. The van der Waals surface area contributed by atoms with Crippen molar-refractivity contribution in [2.45, 2.75) is 24.7 Å². The van der Waals surface area contributed by atoms with Crippen LogP contribution in [0.4, 0.5) is 5.69 Å². The number of aryl methyl sites for hydroxylation is 1. The summed E-state index contributed by atoms with van der Waals surface area (Å²) in [4.78, 5) is 23.6. The summed E-state index contributed by atoms with van der Waals surface area (Å²) in [5, 5.41) is 7.78. The van der Waals surface area contributed by atoms with E-state index < -0.39 is 16.0 Å². The van der Waals surface area contributed by atoms with Crippen molar-refractivity contribution < 1.29 is 22.7 Å². The third kappa shape index (κ3) is 5.68. The van der Waals surface area contributed by atoms with Crippen molar-refractivity contribution in [2.75, 3.05) is 11.9 Å². The van der Waals surface area contributed by atoms with Crippen LogP contribution < -0.4 is 10.5 Å². The van der Waals surface area contributed by atoms with Crippen LogP contribution in [0.5, 0.6) is 0 Å². The topological polar surface area (TPSA) is 116 Å². The molecule has 2 aromatic carbocycles. The third-order valence-corrected chi connectivity index (χ3v) is 4.50. The molecule has 0 aromatic heterocycles. The normalized spacial score (nSPS) is 11.0. The van der Waals surface area contributed by atoms with Gasteiger partial charge in [0, 0.05) is 12.1 Å². The molecular formula is C18H20N2O5S. The molecule has 8 heteroatoms. The second-order valence-corrected chi connectivity index (χ2v) is 7.10. The van der Waals surface area contributed by atoms with Crippen LogP contribution in [0, 0.1) is 0 Å². The maximum atomic E-state index is 12.0. The zero-order valence-corrected chi connectivity index (χ0v) is 15.1. The Morgan fingerprint density at radius 3 is 2.19 bits per heavy atom. The monoisotopic (exact) mass is 376 g/mol. The van der Waals surface area contributed by atoms with Crippen LogP contribution in [0.15, 0.2) is 53.4 Å². The average Bonchev–Trinajstić information content (AvgIpc) is 2.60. The van der Waals surface area contributed by atoms with Gasteiger partial charge in [-0.2, -0.15) is 0 Å². The van der Waals surface area contributed by atoms with Gasteiger partial charge in [0.2, 0.25) is 15.9 Å². The van der Waals surface area contributed by atoms with Gasteiger partial charge < -0.3 is 10.1 Å². The molecule has 138 valence electrons. The number of carbonyl (C=O) groups is 2. The maximum Gasteiger partial charge on any atom is 0.338 e. The number of nitrogens with two attached hydrogens (primary N) is 1. The quantitative estimate of drug-likeness (QED) is 0.718. The van der Waals surface area contributed by atoms with Gasteiger partial charge in [-0.3, -0.25) is 4.79 Å². The van der Waals surface area contributed by atoms with Gasteiger partial charge in [-0.1, -0.05) is 12.1 Å². The fourth-order valence-corrected chi connectivity index (χ4v) is 2.75. The van der Waals surface area contributed by atoms with E-state index in [0.29, 0.717) is 24.3 Å². The number of benzene rings is 2. The van der Waals surface area contributed by atoms with Crippen molar-refractivity contribution in [3.8, 4) is 0 Å². The minimum Gasteiger partial charge on any atom is -0.462 e. The fraction of sp³-hybridized carbons (Fsp3) is 0.222. The molecule has 0 spiro atoms. The van der Waals surface area contributed by atoms with E-state index in [0.717, 1.165) is 5.56 Å². The van der Waals surface area contributed by atoms with E-state index in [-0.39, 0.29) is 17.2 Å². The van der Waals surface area contributed by atoms with Crippen LogP contribution in [0.25, 0.3) is 0 Å². The Bertz CT molecular complexity index is 875. The van der Waals surface area contributed by atoms with Gasteiger partial charge in [0.15, 0.2) is 0 Å². The second kappa shape index (κ2) is 8.59. The largest absolute Gasteiger partial charge is 0.462 e. The van der Waals surface area contributed by atoms with Crippen LogP contribution in [0.3, 0.4) is 0 Å². The van der Waals surface area contributed by atoms with Gasteiger partial charge in [0.05, 0.1) is 17.1 Å². The molecule has 0 saturated heterocycles. The Hall–Kier alpha value is -2.71. The number of carbonyl (C=O) groups excluding carboxylic acids is 2. The number of anilines is 1. The first kappa shape index (κ1) is 19.6. The Morgan fingerprint density at radius 1 is 1.04 bits per heavy atom. The number of sulfonamides is 1. The number of esters is 1. The molecule has 0 aliphatic rings. The molecule has 0 saturated carbocycles. The lowest BCUT2D eigenvalue weighted by Crippen LogP contribution is -2.13. The maximum absolute atomic E-state index is 12.0. The van der Waals surface area contributed by atoms with Crippen molar-refractivity contribution >= 4 is 27.6 Å². The molecule has 7 nitrogen and oxygen atoms in total. The summed E-state index contributed by atoms with van der Waals surface area (Å²) >= 11 is 0. The zero-order valence-electron chi connectivity index (χ0n) is 14.3. The summed E-state index contributed by atoms with van der Waals surface area (Å²) in [6.07, 6.45) is 0.686. The summed E-state index contributed by atoms with van der Waals surface area (Å²) in [6, 6.07) is 12.5. The summed E-state index contributed by atoms with van der Waals surface area (Å²) in [6.45, 7) is 2.03. The molecule has 0 atom stereocenters. The first-order valence-corrected chi connectivity index (χ1v) is 9.53. The molecule has 0 heterocycles. The van der Waals surface area contributed by atoms with Crippen LogP contribution >= 0.6 is 0 Å². The van der Waals surface area contributed by atoms with Crippen LogP contribution in [-0.4, -0.2) is 26.9 Å². The number of amides is 1. The van der Waals surface area contributed by atoms with Crippen molar-refractivity contribution in [3.63, 3.8) is 0 Å². The number of nitrogens with one attached hydrogen (secondary N) is 1. The van der Waals surface area contributed by atoms with Crippen molar-refractivity contribution in [1.29, 1.82) is 0 Å². The predicted octanol–water partition coefficient (Wildman–Crippen LogP) is 2.08. The number of hydrogen-bond acceptors (Lipinski definition) is 5. The van der Waals surface area contributed by atoms with Crippen molar-refractivity contribution in [3.05, 3.63) is 59.7 Å². The van der Waals surface area contributed by atoms with Gasteiger partial charge >= 0.3 is 5.97 Å². The number of rotatable bonds is 7. The van der Waals surface area contributed by atoms with Crippen LogP contribution in [0.1, 0.15) is 29.3 Å². The van der Waals surface area contributed by atoms with E-state index in [1.165, 1.54) is 12.1 Å². The Morgan fingerprint density at radius 2 is 1.65 bits per heavy atom. The lowest BCUT2D eigenvalue weighted by molar-refractivity contribution is -0.116. The first-order valence-electron chi connectivity index (χ1n) is 7.98. The first-order chi connectivity index (χ1) is 12.3. The molecule has 3 N–H and O–H groups in total. The van der Waals surface area contributed by atoms with Crippen LogP contribution in [-0.2, 0) is 26.0 Å². The highest BCUT2D eigenvalue weighted by molar-refractivity contribution is 7.89. The smallest absolute Gasteiger partial charge is 0.338 e. The summed E-state index contributed by atoms with van der Waals surface area (Å²) in [7, 11) is -3.72. The van der Waals surface area contributed by atoms with Gasteiger partial charge in [0.25, 0.3) is 0 Å². The Balaban J connectivity index is 1.88. The number of primary sulfonamides is 1. The van der Waals surface area contributed by atoms with Crippen molar-refractivity contribution in [2.24, 2.45) is 5.14 Å². The second-order valence-electron chi connectivity index (χ2n) is 5.53. The Kier molecular flexibility index (Phi) is 6.48. The minimum absolute atomic E-state index is 0.0346. The number of ether oxygens (including phenoxy) is 1. The molecule has 0 aliphatic carbocycles. The molecule has 0 unspecified atom stereocenters. The van der Waals surface area contributed by atoms with E-state index in [9.17, 15) is 18.0 Å². The van der Waals surface area contributed by atoms with Gasteiger partial charge in [-0.25, -0.2) is 18.4 Å². The minimum atomic E-state index is -3.72. The molecule has 0 bridgehead atoms. The molecule has 2 rings (SSSR count). The summed E-state index contributed by atoms with van der Waals surface area (Å²) in [5.41, 5.74) is 1.82. The highest BCUT2D eigenvalue weighted by Crippen LogP contribution is 2.13. The average molecular weight is 376 g/mol. The molecule has 0 fully saturated rings. The Labute approximate surface area is 152 Å². The zero-order chi connectivity index (χ0) is 19.2. The molecule has 26 heavy (non-hydrogen) atoms. The molecule has 0 aliphatic heterocycles. The highest BCUT2D eigenvalue weighted by Gasteiger charge is 2.09. The summed E-state index contributed by atoms with van der Waals surface area (Å²) in [5.74, 6) is -0.599. The van der Waals surface area contributed by atoms with E-state index in [1.807, 2.05) is 0 Å². The van der Waals surface area contributed by atoms with E-state index in [1.54, 1.807) is 43.3 Å². The van der Waals surface area contributed by atoms with Gasteiger partial charge in [-0.15, -0.1) is 0 Å².